The van der Waals surface area contributed by atoms with Crippen LogP contribution in [0.3, 0.4) is 0 Å². The molecule has 2 heteroatoms. The maximum absolute atomic E-state index is 3.82. The third kappa shape index (κ3) is 17.8. The van der Waals surface area contributed by atoms with Gasteiger partial charge in [-0.25, -0.2) is 9.55 Å². The van der Waals surface area contributed by atoms with E-state index in [9.17, 15) is 0 Å². The Balaban J connectivity index is 1.53. The summed E-state index contributed by atoms with van der Waals surface area (Å²) in [7, 11) is 0. The summed E-state index contributed by atoms with van der Waals surface area (Å²) in [5.41, 5.74) is 2.91. The largest absolute Gasteiger partial charge is 0.258 e. The zero-order valence-corrected chi connectivity index (χ0v) is 34.0. The van der Waals surface area contributed by atoms with Crippen molar-refractivity contribution in [2.45, 2.75) is 218 Å². The van der Waals surface area contributed by atoms with E-state index in [2.05, 4.69) is 103 Å². The molecule has 0 spiro atoms. The van der Waals surface area contributed by atoms with Crippen LogP contribution < -0.4 is 4.57 Å². The van der Waals surface area contributed by atoms with Gasteiger partial charge < -0.3 is 0 Å². The van der Waals surface area contributed by atoms with Gasteiger partial charge in [-0.3, -0.25) is 0 Å². The second-order valence-electron chi connectivity index (χ2n) is 16.3. The average molecular weight is 698 g/mol. The second kappa shape index (κ2) is 28.2. The molecule has 0 aliphatic heterocycles. The van der Waals surface area contributed by atoms with Crippen LogP contribution >= 0.6 is 0 Å². The van der Waals surface area contributed by atoms with Crippen LogP contribution in [0.15, 0.2) is 73.1 Å². The van der Waals surface area contributed by atoms with Crippen molar-refractivity contribution in [3.63, 3.8) is 0 Å². The molecule has 0 aliphatic rings. The van der Waals surface area contributed by atoms with Crippen LogP contribution in [0.4, 0.5) is 0 Å². The van der Waals surface area contributed by atoms with E-state index in [1.54, 1.807) is 0 Å². The van der Waals surface area contributed by atoms with Crippen molar-refractivity contribution in [1.29, 1.82) is 0 Å². The number of aromatic nitrogens is 2. The molecule has 51 heavy (non-hydrogen) atoms. The van der Waals surface area contributed by atoms with Crippen molar-refractivity contribution < 1.29 is 4.57 Å². The lowest BCUT2D eigenvalue weighted by atomic mass is 9.66. The highest BCUT2D eigenvalue weighted by atomic mass is 15.1. The fourth-order valence-electron chi connectivity index (χ4n) is 8.56. The van der Waals surface area contributed by atoms with E-state index in [1.807, 2.05) is 0 Å². The van der Waals surface area contributed by atoms with E-state index in [4.69, 9.17) is 0 Å². The number of H-pyrrole nitrogens is 1. The molecule has 2 aromatic carbocycles. The molecule has 1 aromatic heterocycles. The van der Waals surface area contributed by atoms with Crippen LogP contribution in [0, 0.1) is 0 Å². The van der Waals surface area contributed by atoms with Crippen molar-refractivity contribution in [3.8, 4) is 0 Å². The molecule has 0 saturated heterocycles. The van der Waals surface area contributed by atoms with Crippen molar-refractivity contribution >= 4 is 0 Å². The molecule has 0 amide bonds. The lowest BCUT2D eigenvalue weighted by Crippen LogP contribution is -2.43. The van der Waals surface area contributed by atoms with E-state index in [-0.39, 0.29) is 5.41 Å². The molecule has 3 rings (SSSR count). The summed E-state index contributed by atoms with van der Waals surface area (Å²) in [6.07, 6.45) is 43.4. The van der Waals surface area contributed by atoms with Crippen molar-refractivity contribution in [3.05, 3.63) is 90.0 Å². The van der Waals surface area contributed by atoms with E-state index in [0.717, 1.165) is 13.0 Å². The Hall–Kier alpha value is -2.35. The summed E-state index contributed by atoms with van der Waals surface area (Å²) >= 11 is 0. The zero-order valence-electron chi connectivity index (χ0n) is 34.0. The Morgan fingerprint density at radius 3 is 1.39 bits per heavy atom. The standard InChI is InChI=1S/C49H80N2/c1-4-6-8-10-12-14-16-18-19-21-23-25-27-35-42-51-43-41-50-48(51)47(40-34-26-24-22-20-17-15-13-11-9-7-5-2)49(3,46-38-32-29-33-39-46)44-45-36-30-28-31-37-45/h28-33,36-39,41,43,47H,4-27,34-35,40,42,44H2,1-3H3/p+1. The van der Waals surface area contributed by atoms with E-state index in [0.29, 0.717) is 5.92 Å². The van der Waals surface area contributed by atoms with Gasteiger partial charge in [0.25, 0.3) is 5.82 Å². The minimum Gasteiger partial charge on any atom is -0.247 e. The van der Waals surface area contributed by atoms with Crippen LogP contribution in [0.1, 0.15) is 217 Å². The SMILES string of the molecule is CCCCCCCCCCCCCCCC[n+]1cc[nH]c1C(CCCCCCCCCCCCCC)C(C)(Cc1ccccc1)c1ccccc1. The lowest BCUT2D eigenvalue weighted by molar-refractivity contribution is -0.705. The van der Waals surface area contributed by atoms with Crippen molar-refractivity contribution in [2.24, 2.45) is 0 Å². The van der Waals surface area contributed by atoms with Gasteiger partial charge >= 0.3 is 0 Å². The van der Waals surface area contributed by atoms with Gasteiger partial charge in [0.1, 0.15) is 12.4 Å². The molecule has 0 bridgehead atoms. The Bertz CT molecular complexity index is 1180. The first-order valence-electron chi connectivity index (χ1n) is 22.3. The number of hydrogen-bond acceptors (Lipinski definition) is 0. The molecule has 286 valence electrons. The fraction of sp³-hybridized carbons (Fsp3) is 0.694. The Morgan fingerprint density at radius 1 is 0.510 bits per heavy atom. The third-order valence-electron chi connectivity index (χ3n) is 11.8. The summed E-state index contributed by atoms with van der Waals surface area (Å²) in [5.74, 6) is 1.87. The number of rotatable bonds is 33. The van der Waals surface area contributed by atoms with E-state index in [1.165, 1.54) is 190 Å². The first-order valence-corrected chi connectivity index (χ1v) is 22.3. The molecule has 2 unspecified atom stereocenters. The third-order valence-corrected chi connectivity index (χ3v) is 11.8. The first-order chi connectivity index (χ1) is 25.2. The molecule has 2 atom stereocenters. The van der Waals surface area contributed by atoms with Gasteiger partial charge in [-0.2, -0.15) is 0 Å². The van der Waals surface area contributed by atoms with Gasteiger partial charge in [0.2, 0.25) is 0 Å². The van der Waals surface area contributed by atoms with Crippen LogP contribution in [-0.2, 0) is 18.4 Å². The quantitative estimate of drug-likeness (QED) is 0.0483. The minimum atomic E-state index is 0.00248. The molecule has 0 fully saturated rings. The maximum atomic E-state index is 3.82. The molecule has 0 radical (unpaired) electrons. The Morgan fingerprint density at radius 2 is 0.922 bits per heavy atom. The number of imidazole rings is 1. The number of aromatic amines is 1. The molecule has 1 heterocycles. The monoisotopic (exact) mass is 698 g/mol. The number of nitrogens with one attached hydrogen (secondary N) is 1. The van der Waals surface area contributed by atoms with Crippen molar-refractivity contribution in [2.75, 3.05) is 0 Å². The van der Waals surface area contributed by atoms with Gasteiger partial charge in [0.15, 0.2) is 0 Å². The topological polar surface area (TPSA) is 19.7 Å². The number of hydrogen-bond donors (Lipinski definition) is 1. The summed E-state index contributed by atoms with van der Waals surface area (Å²) in [5, 5.41) is 0. The Kier molecular flexibility index (Phi) is 23.8. The molecular weight excluding hydrogens is 617 g/mol. The highest BCUT2D eigenvalue weighted by molar-refractivity contribution is 5.32. The summed E-state index contributed by atoms with van der Waals surface area (Å²) in [6, 6.07) is 22.7. The van der Waals surface area contributed by atoms with Gasteiger partial charge in [0.05, 0.1) is 12.5 Å². The molecule has 0 saturated carbocycles. The molecule has 2 nitrogen and oxygen atoms in total. The minimum absolute atomic E-state index is 0.00248. The summed E-state index contributed by atoms with van der Waals surface area (Å²) in [4.78, 5) is 3.82. The van der Waals surface area contributed by atoms with Gasteiger partial charge in [-0.15, -0.1) is 0 Å². The highest BCUT2D eigenvalue weighted by Gasteiger charge is 2.41. The van der Waals surface area contributed by atoms with Gasteiger partial charge in [0, 0.05) is 5.41 Å². The van der Waals surface area contributed by atoms with Crippen LogP contribution in [0.5, 0.6) is 0 Å². The smallest absolute Gasteiger partial charge is 0.247 e. The van der Waals surface area contributed by atoms with Crippen LogP contribution in [0.25, 0.3) is 0 Å². The fourth-order valence-corrected chi connectivity index (χ4v) is 8.56. The Labute approximate surface area is 317 Å². The first kappa shape index (κ1) is 43.1. The molecule has 1 N–H and O–H groups in total. The number of unbranched alkanes of at least 4 members (excludes halogenated alkanes) is 24. The summed E-state index contributed by atoms with van der Waals surface area (Å²) in [6.45, 7) is 8.30. The predicted octanol–water partition coefficient (Wildman–Crippen LogP) is 15.2. The maximum Gasteiger partial charge on any atom is 0.258 e. The number of benzene rings is 2. The number of nitrogens with zero attached hydrogens (tertiary/aromatic N) is 1. The average Bonchev–Trinajstić information content (AvgIpc) is 3.62. The van der Waals surface area contributed by atoms with Crippen LogP contribution in [0.2, 0.25) is 0 Å². The van der Waals surface area contributed by atoms with Crippen LogP contribution in [-0.4, -0.2) is 4.98 Å². The molecule has 3 aromatic rings. The molecular formula is C49H81N2+. The second-order valence-corrected chi connectivity index (χ2v) is 16.3. The zero-order chi connectivity index (χ0) is 36.1. The van der Waals surface area contributed by atoms with Crippen molar-refractivity contribution in [1.82, 2.24) is 4.98 Å². The number of aryl methyl sites for hydroxylation is 1. The molecule has 0 aliphatic carbocycles. The van der Waals surface area contributed by atoms with E-state index < -0.39 is 0 Å². The van der Waals surface area contributed by atoms with Gasteiger partial charge in [-0.1, -0.05) is 236 Å². The lowest BCUT2D eigenvalue weighted by Gasteiger charge is -2.37. The normalized spacial score (nSPS) is 13.4. The van der Waals surface area contributed by atoms with Gasteiger partial charge in [-0.05, 0) is 36.8 Å². The van der Waals surface area contributed by atoms with E-state index >= 15 is 0 Å². The highest BCUT2D eigenvalue weighted by Crippen LogP contribution is 2.43. The predicted molar refractivity (Wildman–Crippen MR) is 224 cm³/mol. The summed E-state index contributed by atoms with van der Waals surface area (Å²) < 4.78 is 2.60.